The smallest absolute Gasteiger partial charge is 0.293 e. The largest absolute Gasteiger partial charge is 0.480 e. The summed E-state index contributed by atoms with van der Waals surface area (Å²) in [6.45, 7) is 9.18. The number of nitrogens with one attached hydrogen (secondary N) is 3. The average molecular weight is 1290 g/mol. The Bertz CT molecular complexity index is 4670. The highest BCUT2D eigenvalue weighted by Gasteiger charge is 2.17. The molecule has 8 aromatic heterocycles. The van der Waals surface area contributed by atoms with Gasteiger partial charge in [0.05, 0.1) is 35.1 Å². The minimum atomic E-state index is -0.306. The van der Waals surface area contributed by atoms with Gasteiger partial charge in [-0.2, -0.15) is 20.2 Å². The lowest BCUT2D eigenvalue weighted by Gasteiger charge is -2.14. The number of ketones is 3. The van der Waals surface area contributed by atoms with E-state index in [-0.39, 0.29) is 71.1 Å². The first-order chi connectivity index (χ1) is 43.8. The van der Waals surface area contributed by atoms with E-state index >= 15 is 0 Å². The van der Waals surface area contributed by atoms with E-state index in [0.29, 0.717) is 87.4 Å². The van der Waals surface area contributed by atoms with E-state index < -0.39 is 0 Å². The molecule has 0 fully saturated rings. The molecule has 11 aromatic rings. The molecule has 3 aromatic carbocycles. The molecular formula is C63H61Cl3N16O9. The van der Waals surface area contributed by atoms with Crippen LogP contribution in [0.5, 0.6) is 17.2 Å². The number of fused-ring (bicyclic) bond motifs is 3. The van der Waals surface area contributed by atoms with Crippen molar-refractivity contribution in [1.82, 2.24) is 63.2 Å². The van der Waals surface area contributed by atoms with Crippen LogP contribution in [-0.2, 0) is 35.0 Å². The Labute approximate surface area is 534 Å². The van der Waals surface area contributed by atoms with Crippen molar-refractivity contribution in [1.29, 1.82) is 0 Å². The zero-order valence-corrected chi connectivity index (χ0v) is 52.7. The van der Waals surface area contributed by atoms with Crippen molar-refractivity contribution in [3.05, 3.63) is 180 Å². The number of anilines is 6. The zero-order valence-electron chi connectivity index (χ0n) is 50.4. The molecule has 0 saturated carbocycles. The van der Waals surface area contributed by atoms with Crippen LogP contribution in [0.15, 0.2) is 143 Å². The Hall–Kier alpha value is -10.4. The summed E-state index contributed by atoms with van der Waals surface area (Å²) >= 11 is 18.7. The van der Waals surface area contributed by atoms with Crippen LogP contribution in [0.3, 0.4) is 0 Å². The number of aromatic nitrogens is 13. The lowest BCUT2D eigenvalue weighted by Crippen LogP contribution is -2.24. The standard InChI is InChI=1S/C23H23ClN6O3.C21H19ClN6O3.C19H19ClN4O3/c1-3-9-29-19-7-6-16(11-15(19)12-20(22(29)32)33-14-17(31)4-2)27-21-18(24)13-25-23(28-21)30-10-5-8-26-30;1-3-15(29)12-31-18-10-13-9-14(5-6-17(13)27(2)20(18)30)25-19-16(22)11-23-21(26-19)28-8-4-7-24-28;1-4-14(25)10-27-17-8-12-7-13(5-6-16(12)24(3)19(17)26)23-18-15(20)9-21-11(2)22-18/h5-8,10-13H,3-4,9,14H2,1-2H3,(H,25,27,28);4-11H,3,12H2,1-2H3,(H,23,25,26);5-9H,4,10H2,1-3H3,(H,21,22,23). The topological polar surface area (TPSA) is 294 Å². The number of nitrogens with zero attached hydrogens (tertiary/aromatic N) is 13. The fourth-order valence-corrected chi connectivity index (χ4v) is 9.29. The number of rotatable bonds is 22. The molecule has 0 radical (unpaired) electrons. The van der Waals surface area contributed by atoms with Crippen LogP contribution in [0.25, 0.3) is 44.6 Å². The summed E-state index contributed by atoms with van der Waals surface area (Å²) in [5.41, 5.74) is 3.54. The molecule has 11 rings (SSSR count). The summed E-state index contributed by atoms with van der Waals surface area (Å²) in [5, 5.41) is 21.2. The molecule has 0 bridgehead atoms. The highest BCUT2D eigenvalue weighted by atomic mass is 35.5. The van der Waals surface area contributed by atoms with Crippen LogP contribution in [0.2, 0.25) is 15.1 Å². The third-order valence-corrected chi connectivity index (χ3v) is 14.6. The van der Waals surface area contributed by atoms with Gasteiger partial charge < -0.3 is 43.9 Å². The molecule has 0 saturated heterocycles. The molecule has 0 spiro atoms. The van der Waals surface area contributed by atoms with Gasteiger partial charge in [-0.3, -0.25) is 28.8 Å². The van der Waals surface area contributed by atoms with Gasteiger partial charge in [0.25, 0.3) is 28.6 Å². The van der Waals surface area contributed by atoms with Crippen LogP contribution >= 0.6 is 34.8 Å². The number of ether oxygens (including phenoxy) is 3. The number of aryl methyl sites for hydroxylation is 4. The Balaban J connectivity index is 0.000000162. The van der Waals surface area contributed by atoms with Crippen molar-refractivity contribution < 1.29 is 28.6 Å². The molecule has 0 aliphatic rings. The predicted octanol–water partition coefficient (Wildman–Crippen LogP) is 10.8. The molecular weight excluding hydrogens is 1230 g/mol. The first kappa shape index (κ1) is 65.1. The Morgan fingerprint density at radius 2 is 0.868 bits per heavy atom. The quantitative estimate of drug-likeness (QED) is 0.0568. The van der Waals surface area contributed by atoms with E-state index in [9.17, 15) is 28.8 Å². The lowest BCUT2D eigenvalue weighted by atomic mass is 10.1. The van der Waals surface area contributed by atoms with Crippen molar-refractivity contribution in [2.24, 2.45) is 14.1 Å². The SMILES string of the molecule is CCC(=O)COc1cc2cc(Nc3nc(-n4cccn4)ncc3Cl)ccc2n(C)c1=O.CCC(=O)COc1cc2cc(Nc3nc(C)ncc3Cl)ccc2n(C)c1=O.CCCn1c(=O)c(OCC(=O)CC)cc2cc(Nc3nc(-n4cccn4)ncc3Cl)ccc21. The van der Waals surface area contributed by atoms with Gasteiger partial charge in [0.2, 0.25) is 0 Å². The molecule has 91 heavy (non-hydrogen) atoms. The van der Waals surface area contributed by atoms with Gasteiger partial charge in [0.1, 0.15) is 40.7 Å². The molecule has 28 heteroatoms. The van der Waals surface area contributed by atoms with Crippen molar-refractivity contribution in [2.45, 2.75) is 66.8 Å². The van der Waals surface area contributed by atoms with Gasteiger partial charge in [-0.25, -0.2) is 29.3 Å². The maximum absolute atomic E-state index is 12.9. The van der Waals surface area contributed by atoms with Gasteiger partial charge >= 0.3 is 0 Å². The minimum absolute atomic E-state index is 0.0682. The highest BCUT2D eigenvalue weighted by molar-refractivity contribution is 6.33. The summed E-state index contributed by atoms with van der Waals surface area (Å²) in [6.07, 6.45) is 13.1. The molecule has 0 aliphatic heterocycles. The van der Waals surface area contributed by atoms with Crippen molar-refractivity contribution in [3.8, 4) is 29.1 Å². The number of hydrogen-bond donors (Lipinski definition) is 3. The van der Waals surface area contributed by atoms with Crippen LogP contribution in [0.4, 0.5) is 34.5 Å². The monoisotopic (exact) mass is 1290 g/mol. The van der Waals surface area contributed by atoms with E-state index in [0.717, 1.165) is 44.8 Å². The van der Waals surface area contributed by atoms with Gasteiger partial charge in [0.15, 0.2) is 52.1 Å². The number of Topliss-reactive ketones (excluding diaryl/α,β-unsaturated/α-hetero) is 3. The van der Waals surface area contributed by atoms with Crippen molar-refractivity contribution in [2.75, 3.05) is 35.8 Å². The van der Waals surface area contributed by atoms with E-state index in [2.05, 4.69) is 56.1 Å². The fourth-order valence-electron chi connectivity index (χ4n) is 8.88. The normalized spacial score (nSPS) is 10.9. The molecule has 0 aliphatic carbocycles. The molecule has 0 amide bonds. The van der Waals surface area contributed by atoms with E-state index in [1.807, 2.05) is 61.5 Å². The Kier molecular flexibility index (Phi) is 21.3. The molecule has 25 nitrogen and oxygen atoms in total. The minimum Gasteiger partial charge on any atom is -0.480 e. The van der Waals surface area contributed by atoms with Crippen LogP contribution in [-0.4, -0.2) is 100 Å². The second-order valence-electron chi connectivity index (χ2n) is 20.2. The van der Waals surface area contributed by atoms with Gasteiger partial charge in [-0.1, -0.05) is 62.5 Å². The maximum Gasteiger partial charge on any atom is 0.293 e. The maximum atomic E-state index is 12.9. The Morgan fingerprint density at radius 3 is 1.25 bits per heavy atom. The summed E-state index contributed by atoms with van der Waals surface area (Å²) < 4.78 is 24.2. The summed E-state index contributed by atoms with van der Waals surface area (Å²) in [6, 6.07) is 25.0. The molecule has 3 N–H and O–H groups in total. The predicted molar refractivity (Wildman–Crippen MR) is 349 cm³/mol. The molecule has 8 heterocycles. The second-order valence-corrected chi connectivity index (χ2v) is 21.4. The summed E-state index contributed by atoms with van der Waals surface area (Å²) in [4.78, 5) is 98.2. The second kappa shape index (κ2) is 29.8. The summed E-state index contributed by atoms with van der Waals surface area (Å²) in [5.74, 6) is 2.87. The van der Waals surface area contributed by atoms with Crippen LogP contribution in [0.1, 0.15) is 59.2 Å². The first-order valence-corrected chi connectivity index (χ1v) is 29.7. The third kappa shape index (κ3) is 15.9. The zero-order chi connectivity index (χ0) is 64.9. The van der Waals surface area contributed by atoms with Gasteiger partial charge in [0, 0.05) is 97.9 Å². The van der Waals surface area contributed by atoms with E-state index in [1.54, 1.807) is 101 Å². The van der Waals surface area contributed by atoms with Gasteiger partial charge in [-0.15, -0.1) is 0 Å². The van der Waals surface area contributed by atoms with E-state index in [4.69, 9.17) is 49.0 Å². The van der Waals surface area contributed by atoms with E-state index in [1.165, 1.54) is 37.1 Å². The summed E-state index contributed by atoms with van der Waals surface area (Å²) in [7, 11) is 3.32. The molecule has 0 unspecified atom stereocenters. The number of halogens is 3. The van der Waals surface area contributed by atoms with Crippen molar-refractivity contribution >= 4 is 119 Å². The Morgan fingerprint density at radius 1 is 0.495 bits per heavy atom. The number of benzene rings is 3. The van der Waals surface area contributed by atoms with Crippen molar-refractivity contribution in [3.63, 3.8) is 0 Å². The number of carbonyl (C=O) groups excluding carboxylic acids is 3. The molecule has 468 valence electrons. The number of hydrogen-bond acceptors (Lipinski definition) is 20. The number of carbonyl (C=O) groups is 3. The van der Waals surface area contributed by atoms with Gasteiger partial charge in [-0.05, 0) is 98.3 Å². The highest BCUT2D eigenvalue weighted by Crippen LogP contribution is 2.31. The fraction of sp³-hybridized carbons (Fsp3) is 0.238. The first-order valence-electron chi connectivity index (χ1n) is 28.6. The molecule has 0 atom stereocenters. The van der Waals surface area contributed by atoms with Crippen LogP contribution in [0, 0.1) is 6.92 Å². The number of pyridine rings is 3. The van der Waals surface area contributed by atoms with Crippen LogP contribution < -0.4 is 46.8 Å². The third-order valence-electron chi connectivity index (χ3n) is 13.8. The lowest BCUT2D eigenvalue weighted by molar-refractivity contribution is -0.121. The average Bonchev–Trinajstić information content (AvgIpc) is 1.16.